The average molecular weight is 398 g/mol. The van der Waals surface area contributed by atoms with Gasteiger partial charge < -0.3 is 9.88 Å². The van der Waals surface area contributed by atoms with Crippen molar-refractivity contribution in [3.8, 4) is 17.9 Å². The lowest BCUT2D eigenvalue weighted by Crippen LogP contribution is -2.46. The molecule has 0 spiro atoms. The number of aryl methyl sites for hydroxylation is 1. The van der Waals surface area contributed by atoms with Gasteiger partial charge in [-0.15, -0.1) is 5.92 Å². The molecular formula is C23H22N6O. The molecule has 1 N–H and O–H groups in total. The molecule has 0 saturated carbocycles. The van der Waals surface area contributed by atoms with Gasteiger partial charge in [0.2, 0.25) is 0 Å². The minimum Gasteiger partial charge on any atom is -0.368 e. The third kappa shape index (κ3) is 4.03. The van der Waals surface area contributed by atoms with Crippen LogP contribution in [0.4, 0.5) is 5.69 Å². The number of rotatable bonds is 3. The third-order valence-electron chi connectivity index (χ3n) is 5.29. The van der Waals surface area contributed by atoms with E-state index >= 15 is 0 Å². The summed E-state index contributed by atoms with van der Waals surface area (Å²) in [6.45, 7) is 7.89. The summed E-state index contributed by atoms with van der Waals surface area (Å²) in [7, 11) is 0. The molecule has 0 atom stereocenters. The average Bonchev–Trinajstić information content (AvgIpc) is 2.76. The first kappa shape index (κ1) is 19.6. The molecule has 1 aliphatic rings. The Labute approximate surface area is 175 Å². The second kappa shape index (κ2) is 8.36. The van der Waals surface area contributed by atoms with Gasteiger partial charge in [0.1, 0.15) is 23.0 Å². The van der Waals surface area contributed by atoms with Crippen LogP contribution in [0.1, 0.15) is 29.4 Å². The van der Waals surface area contributed by atoms with E-state index in [9.17, 15) is 4.79 Å². The van der Waals surface area contributed by atoms with Crippen molar-refractivity contribution in [2.75, 3.05) is 31.1 Å². The maximum atomic E-state index is 12.0. The van der Waals surface area contributed by atoms with Gasteiger partial charge in [-0.1, -0.05) is 5.92 Å². The Bertz CT molecular complexity index is 1240. The number of H-pyrrole nitrogens is 1. The summed E-state index contributed by atoms with van der Waals surface area (Å²) in [4.78, 5) is 28.2. The van der Waals surface area contributed by atoms with Crippen molar-refractivity contribution in [2.24, 2.45) is 0 Å². The molecule has 1 saturated heterocycles. The molecule has 0 amide bonds. The van der Waals surface area contributed by atoms with E-state index in [4.69, 9.17) is 5.26 Å². The van der Waals surface area contributed by atoms with Crippen LogP contribution in [0.15, 0.2) is 35.3 Å². The van der Waals surface area contributed by atoms with Gasteiger partial charge in [0, 0.05) is 32.7 Å². The Morgan fingerprint density at radius 2 is 2.00 bits per heavy atom. The molecule has 7 heteroatoms. The Hall–Kier alpha value is -3.68. The van der Waals surface area contributed by atoms with Crippen molar-refractivity contribution in [3.63, 3.8) is 0 Å². The summed E-state index contributed by atoms with van der Waals surface area (Å²) < 4.78 is 0. The molecular weight excluding hydrogens is 376 g/mol. The second-order valence-corrected chi connectivity index (χ2v) is 7.34. The highest BCUT2D eigenvalue weighted by atomic mass is 16.1. The second-order valence-electron chi connectivity index (χ2n) is 7.34. The molecule has 150 valence electrons. The maximum Gasteiger partial charge on any atom is 0.269 e. The summed E-state index contributed by atoms with van der Waals surface area (Å²) in [6, 6.07) is 9.82. The third-order valence-corrected chi connectivity index (χ3v) is 5.29. The molecule has 1 aliphatic heterocycles. The van der Waals surface area contributed by atoms with Crippen molar-refractivity contribution < 1.29 is 0 Å². The fourth-order valence-corrected chi connectivity index (χ4v) is 3.72. The molecule has 1 fully saturated rings. The first-order valence-electron chi connectivity index (χ1n) is 9.87. The van der Waals surface area contributed by atoms with Crippen molar-refractivity contribution in [3.05, 3.63) is 63.3 Å². The number of fused-ring (bicyclic) bond motifs is 1. The summed E-state index contributed by atoms with van der Waals surface area (Å²) in [5.74, 6) is 6.07. The quantitative estimate of drug-likeness (QED) is 0.681. The zero-order chi connectivity index (χ0) is 21.1. The molecule has 0 bridgehead atoms. The lowest BCUT2D eigenvalue weighted by atomic mass is 10.1. The SMILES string of the molecule is CC#Cc1cc(CN2CCN(c3ccc(C#N)nc3)CC2)cc2[nH]c(=O)c(C)nc12. The fourth-order valence-electron chi connectivity index (χ4n) is 3.72. The van der Waals surface area contributed by atoms with E-state index < -0.39 is 0 Å². The van der Waals surface area contributed by atoms with Gasteiger partial charge in [-0.2, -0.15) is 5.26 Å². The van der Waals surface area contributed by atoms with Gasteiger partial charge >= 0.3 is 0 Å². The van der Waals surface area contributed by atoms with Crippen molar-refractivity contribution in [1.29, 1.82) is 5.26 Å². The van der Waals surface area contributed by atoms with Gasteiger partial charge in [-0.05, 0) is 43.7 Å². The van der Waals surface area contributed by atoms with Gasteiger partial charge in [0.15, 0.2) is 0 Å². The number of benzene rings is 1. The van der Waals surface area contributed by atoms with Crippen molar-refractivity contribution in [2.45, 2.75) is 20.4 Å². The zero-order valence-corrected chi connectivity index (χ0v) is 17.1. The topological polar surface area (TPSA) is 88.9 Å². The van der Waals surface area contributed by atoms with Crippen LogP contribution in [0, 0.1) is 30.1 Å². The Balaban J connectivity index is 1.50. The number of hydrogen-bond acceptors (Lipinski definition) is 6. The largest absolute Gasteiger partial charge is 0.368 e. The summed E-state index contributed by atoms with van der Waals surface area (Å²) in [5.41, 5.74) is 5.16. The number of piperazine rings is 1. The molecule has 2 aromatic heterocycles. The van der Waals surface area contributed by atoms with Gasteiger partial charge in [0.25, 0.3) is 5.56 Å². The number of nitrogens with one attached hydrogen (secondary N) is 1. The molecule has 0 aliphatic carbocycles. The first-order chi connectivity index (χ1) is 14.6. The molecule has 4 rings (SSSR count). The molecule has 30 heavy (non-hydrogen) atoms. The van der Waals surface area contributed by atoms with Crippen molar-refractivity contribution >= 4 is 16.7 Å². The summed E-state index contributed by atoms with van der Waals surface area (Å²) in [6.07, 6.45) is 1.76. The Morgan fingerprint density at radius 3 is 2.67 bits per heavy atom. The van der Waals surface area contributed by atoms with Gasteiger partial charge in [-0.25, -0.2) is 9.97 Å². The van der Waals surface area contributed by atoms with Crippen LogP contribution in [0.3, 0.4) is 0 Å². The van der Waals surface area contributed by atoms with Crippen LogP contribution in [0.2, 0.25) is 0 Å². The predicted octanol–water partition coefficient (Wildman–Crippen LogP) is 2.19. The molecule has 3 heterocycles. The zero-order valence-electron chi connectivity index (χ0n) is 17.1. The minimum absolute atomic E-state index is 0.167. The molecule has 7 nitrogen and oxygen atoms in total. The van der Waals surface area contributed by atoms with Crippen LogP contribution in [0.25, 0.3) is 11.0 Å². The van der Waals surface area contributed by atoms with E-state index in [0.717, 1.165) is 60.6 Å². The first-order valence-corrected chi connectivity index (χ1v) is 9.87. The van der Waals surface area contributed by atoms with E-state index in [1.807, 2.05) is 12.1 Å². The van der Waals surface area contributed by atoms with Crippen LogP contribution in [-0.2, 0) is 6.54 Å². The number of aromatic nitrogens is 3. The van der Waals surface area contributed by atoms with E-state index in [0.29, 0.717) is 11.4 Å². The van der Waals surface area contributed by atoms with Crippen LogP contribution in [0.5, 0.6) is 0 Å². The molecule has 3 aromatic rings. The summed E-state index contributed by atoms with van der Waals surface area (Å²) in [5, 5.41) is 8.90. The van der Waals surface area contributed by atoms with Crippen molar-refractivity contribution in [1.82, 2.24) is 19.9 Å². The highest BCUT2D eigenvalue weighted by Gasteiger charge is 2.18. The van der Waals surface area contributed by atoms with Crippen LogP contribution >= 0.6 is 0 Å². The lowest BCUT2D eigenvalue weighted by Gasteiger charge is -2.36. The van der Waals surface area contributed by atoms with Crippen LogP contribution in [-0.4, -0.2) is 46.0 Å². The van der Waals surface area contributed by atoms with E-state index in [2.05, 4.69) is 48.7 Å². The standard InChI is InChI=1S/C23H22N6O/c1-3-4-18-11-17(12-21-22(18)26-16(2)23(30)27-21)15-28-7-9-29(10-8-28)20-6-5-19(13-24)25-14-20/h5-6,11-12,14H,7-10,15H2,1-2H3,(H,27,30). The van der Waals surface area contributed by atoms with Crippen LogP contribution < -0.4 is 10.5 Å². The number of hydrogen-bond donors (Lipinski definition) is 1. The van der Waals surface area contributed by atoms with Gasteiger partial charge in [-0.3, -0.25) is 9.69 Å². The Morgan fingerprint density at radius 1 is 1.20 bits per heavy atom. The fraction of sp³-hybridized carbons (Fsp3) is 0.304. The lowest BCUT2D eigenvalue weighted by molar-refractivity contribution is 0.250. The number of nitrogens with zero attached hydrogens (tertiary/aromatic N) is 5. The highest BCUT2D eigenvalue weighted by Crippen LogP contribution is 2.20. The minimum atomic E-state index is -0.167. The number of anilines is 1. The highest BCUT2D eigenvalue weighted by molar-refractivity contribution is 5.82. The monoisotopic (exact) mass is 398 g/mol. The molecule has 1 aromatic carbocycles. The molecule has 0 unspecified atom stereocenters. The summed E-state index contributed by atoms with van der Waals surface area (Å²) >= 11 is 0. The van der Waals surface area contributed by atoms with E-state index in [1.54, 1.807) is 26.1 Å². The number of aromatic amines is 1. The van der Waals surface area contributed by atoms with E-state index in [-0.39, 0.29) is 5.56 Å². The van der Waals surface area contributed by atoms with E-state index in [1.165, 1.54) is 0 Å². The predicted molar refractivity (Wildman–Crippen MR) is 116 cm³/mol. The number of nitriles is 1. The maximum absolute atomic E-state index is 12.0. The number of pyridine rings is 1. The molecule has 0 radical (unpaired) electrons. The smallest absolute Gasteiger partial charge is 0.269 e. The Kier molecular flexibility index (Phi) is 5.47. The normalized spacial score (nSPS) is 14.2. The van der Waals surface area contributed by atoms with Gasteiger partial charge in [0.05, 0.1) is 23.0 Å².